The molecule has 0 saturated carbocycles. The van der Waals surface area contributed by atoms with Gasteiger partial charge in [-0.05, 0) is 197 Å². The Labute approximate surface area is 425 Å². The number of fused-ring (bicyclic) bond motifs is 14. The van der Waals surface area contributed by atoms with E-state index in [2.05, 4.69) is 243 Å². The lowest BCUT2D eigenvalue weighted by Gasteiger charge is -2.21. The molecule has 0 aromatic heterocycles. The molecule has 17 aromatic rings. The highest BCUT2D eigenvalue weighted by Gasteiger charge is 2.30. The van der Waals surface area contributed by atoms with Crippen LogP contribution in [0, 0.1) is 0 Å². The van der Waals surface area contributed by atoms with E-state index in [-0.39, 0.29) is 0 Å². The minimum absolute atomic E-state index is 1.22. The summed E-state index contributed by atoms with van der Waals surface area (Å²) in [5.74, 6) is 0. The fourth-order valence-electron chi connectivity index (χ4n) is 14.6. The Hall–Kier alpha value is -9.62. The van der Waals surface area contributed by atoms with E-state index in [1.807, 2.05) is 0 Å². The zero-order valence-corrected chi connectivity index (χ0v) is 40.1. The Morgan fingerprint density at radius 3 is 1.16 bits per heavy atom. The Bertz CT molecular complexity index is 5240. The summed E-state index contributed by atoms with van der Waals surface area (Å²) in [4.78, 5) is 0. The van der Waals surface area contributed by atoms with Crippen molar-refractivity contribution < 1.29 is 0 Å². The van der Waals surface area contributed by atoms with Gasteiger partial charge in [0, 0.05) is 0 Å². The minimum atomic E-state index is 1.22. The van der Waals surface area contributed by atoms with Gasteiger partial charge in [0.1, 0.15) is 0 Å². The van der Waals surface area contributed by atoms with Crippen LogP contribution >= 0.6 is 0 Å². The van der Waals surface area contributed by atoms with Gasteiger partial charge >= 0.3 is 0 Å². The number of benzene rings is 15. The first-order chi connectivity index (χ1) is 36.8. The summed E-state index contributed by atoms with van der Waals surface area (Å²) in [6.45, 7) is 0. The van der Waals surface area contributed by atoms with Gasteiger partial charge in [-0.25, -0.2) is 0 Å². The van der Waals surface area contributed by atoms with E-state index in [9.17, 15) is 0 Å². The van der Waals surface area contributed by atoms with Gasteiger partial charge in [-0.1, -0.05) is 231 Å². The number of rotatable bonds is 4. The molecule has 18 rings (SSSR count). The Balaban J connectivity index is 0.957. The van der Waals surface area contributed by atoms with Gasteiger partial charge in [0.15, 0.2) is 0 Å². The van der Waals surface area contributed by atoms with Crippen LogP contribution < -0.4 is 0 Å². The van der Waals surface area contributed by atoms with E-state index in [1.54, 1.807) is 0 Å². The quantitative estimate of drug-likeness (QED) is 0.122. The summed E-state index contributed by atoms with van der Waals surface area (Å²) in [7, 11) is 0. The molecule has 1 aliphatic carbocycles. The number of hydrogen-bond acceptors (Lipinski definition) is 0. The van der Waals surface area contributed by atoms with E-state index < -0.39 is 0 Å². The molecule has 336 valence electrons. The van der Waals surface area contributed by atoms with Crippen molar-refractivity contribution in [2.75, 3.05) is 0 Å². The van der Waals surface area contributed by atoms with E-state index >= 15 is 0 Å². The SMILES string of the molecule is c1ccc(-c2ccccc2-c2c3ccccc3c(-c3ccccc3)c3cc4c(cc23)-c2ccc3c5ccc6c7c(ccc(c8ccc-4c2c83)c57)c2c(-c3ccccc3)c3cccc4c5ccccc5c(c34)c62)cc1. The molecule has 0 spiro atoms. The summed E-state index contributed by atoms with van der Waals surface area (Å²) in [6, 6.07) is 92.0. The van der Waals surface area contributed by atoms with Crippen LogP contribution in [0.2, 0.25) is 0 Å². The van der Waals surface area contributed by atoms with Crippen molar-refractivity contribution in [2.24, 2.45) is 0 Å². The molecule has 0 bridgehead atoms. The fraction of sp³-hybridized carbons (Fsp3) is 0. The molecule has 1 aliphatic rings. The van der Waals surface area contributed by atoms with Gasteiger partial charge in [0.2, 0.25) is 0 Å². The first-order valence-electron chi connectivity index (χ1n) is 26.0. The van der Waals surface area contributed by atoms with Crippen LogP contribution in [0.5, 0.6) is 0 Å². The predicted octanol–water partition coefficient (Wildman–Crippen LogP) is 21.0. The van der Waals surface area contributed by atoms with Gasteiger partial charge in [0.05, 0.1) is 0 Å². The Morgan fingerprint density at radius 2 is 0.514 bits per heavy atom. The molecule has 0 nitrogen and oxygen atoms in total. The average Bonchev–Trinajstić information content (AvgIpc) is 4.21. The molecule has 0 amide bonds. The predicted molar refractivity (Wildman–Crippen MR) is 319 cm³/mol. The highest BCUT2D eigenvalue weighted by molar-refractivity contribution is 6.51. The van der Waals surface area contributed by atoms with Crippen LogP contribution in [-0.2, 0) is 0 Å². The normalized spacial score (nSPS) is 12.6. The monoisotopic (exact) mass is 928 g/mol. The molecule has 17 aromatic carbocycles. The molecule has 74 heavy (non-hydrogen) atoms. The topological polar surface area (TPSA) is 0 Å². The van der Waals surface area contributed by atoms with E-state index in [4.69, 9.17) is 0 Å². The minimum Gasteiger partial charge on any atom is -0.0622 e. The van der Waals surface area contributed by atoms with Crippen LogP contribution in [-0.4, -0.2) is 0 Å². The highest BCUT2D eigenvalue weighted by Crippen LogP contribution is 2.59. The van der Waals surface area contributed by atoms with Gasteiger partial charge in [-0.15, -0.1) is 0 Å². The molecule has 0 aliphatic heterocycles. The van der Waals surface area contributed by atoms with Crippen LogP contribution in [0.1, 0.15) is 0 Å². The van der Waals surface area contributed by atoms with Crippen molar-refractivity contribution >= 4 is 118 Å². The van der Waals surface area contributed by atoms with Crippen LogP contribution in [0.15, 0.2) is 243 Å². The van der Waals surface area contributed by atoms with Gasteiger partial charge in [0.25, 0.3) is 0 Å². The molecular formula is C74H40. The lowest BCUT2D eigenvalue weighted by molar-refractivity contribution is 1.60. The fourth-order valence-corrected chi connectivity index (χ4v) is 14.6. The van der Waals surface area contributed by atoms with Crippen molar-refractivity contribution in [3.05, 3.63) is 243 Å². The maximum absolute atomic E-state index is 2.55. The smallest absolute Gasteiger partial charge is 0.000696 e. The zero-order valence-electron chi connectivity index (χ0n) is 40.1. The van der Waals surface area contributed by atoms with Gasteiger partial charge in [-0.3, -0.25) is 0 Å². The zero-order chi connectivity index (χ0) is 47.9. The van der Waals surface area contributed by atoms with Crippen molar-refractivity contribution in [3.8, 4) is 66.8 Å². The third-order valence-corrected chi connectivity index (χ3v) is 17.4. The molecular weight excluding hydrogens is 889 g/mol. The molecule has 0 atom stereocenters. The van der Waals surface area contributed by atoms with E-state index in [0.29, 0.717) is 0 Å². The maximum atomic E-state index is 2.55. The van der Waals surface area contributed by atoms with Crippen LogP contribution in [0.3, 0.4) is 0 Å². The molecule has 0 saturated heterocycles. The van der Waals surface area contributed by atoms with Gasteiger partial charge in [-0.2, -0.15) is 0 Å². The number of hydrogen-bond donors (Lipinski definition) is 0. The third-order valence-electron chi connectivity index (χ3n) is 17.4. The van der Waals surface area contributed by atoms with Crippen molar-refractivity contribution in [3.63, 3.8) is 0 Å². The first-order valence-corrected chi connectivity index (χ1v) is 26.0. The largest absolute Gasteiger partial charge is 0.0622 e. The van der Waals surface area contributed by atoms with Crippen molar-refractivity contribution in [1.29, 1.82) is 0 Å². The molecule has 0 unspecified atom stereocenters. The third kappa shape index (κ3) is 4.80. The lowest BCUT2D eigenvalue weighted by atomic mass is 9.82. The summed E-state index contributed by atoms with van der Waals surface area (Å²) in [5.41, 5.74) is 15.3. The standard InChI is InChI=1S/C74H40/c1-4-17-41(18-5-1)44-23-10-12-25-46(44)66-50-28-15-14-27-49(50)64(42-19-6-2-7-20-42)62-39-60-55-33-31-51-53-35-37-58-71-59(38-36-54(68(53)71)52-32-34-56(69(55)67(51)52)61(60)40-63(62)66)74-72-48-26-13-11-24-45(48)47-29-16-30-57(70(47)72)65(73(58)74)43-21-8-3-9-22-43/h1-40H. The van der Waals surface area contributed by atoms with E-state index in [0.717, 1.165) is 0 Å². The summed E-state index contributed by atoms with van der Waals surface area (Å²) in [5, 5.41) is 29.4. The Morgan fingerprint density at radius 1 is 0.135 bits per heavy atom. The second kappa shape index (κ2) is 14.1. The first kappa shape index (κ1) is 39.0. The highest BCUT2D eigenvalue weighted by atomic mass is 14.3. The van der Waals surface area contributed by atoms with Crippen LogP contribution in [0.25, 0.3) is 185 Å². The Kier molecular flexibility index (Phi) is 7.43. The summed E-state index contributed by atoms with van der Waals surface area (Å²) >= 11 is 0. The lowest BCUT2D eigenvalue weighted by Crippen LogP contribution is -1.93. The second-order valence-corrected chi connectivity index (χ2v) is 20.8. The van der Waals surface area contributed by atoms with Crippen LogP contribution in [0.4, 0.5) is 0 Å². The van der Waals surface area contributed by atoms with Crippen molar-refractivity contribution in [2.45, 2.75) is 0 Å². The molecule has 0 N–H and O–H groups in total. The summed E-state index contributed by atoms with van der Waals surface area (Å²) < 4.78 is 0. The molecule has 0 fully saturated rings. The van der Waals surface area contributed by atoms with Gasteiger partial charge < -0.3 is 0 Å². The second-order valence-electron chi connectivity index (χ2n) is 20.8. The summed E-state index contributed by atoms with van der Waals surface area (Å²) in [6.07, 6.45) is 0. The maximum Gasteiger partial charge on any atom is -0.000696 e. The average molecular weight is 929 g/mol. The molecule has 0 heteroatoms. The molecule has 0 radical (unpaired) electrons. The van der Waals surface area contributed by atoms with E-state index in [1.165, 1.54) is 185 Å². The molecule has 0 heterocycles. The van der Waals surface area contributed by atoms with Crippen molar-refractivity contribution in [1.82, 2.24) is 0 Å².